The van der Waals surface area contributed by atoms with Crippen LogP contribution in [0.2, 0.25) is 0 Å². The molecule has 0 aromatic rings. The zero-order valence-electron chi connectivity index (χ0n) is 20.7. The van der Waals surface area contributed by atoms with Crippen LogP contribution in [0.25, 0.3) is 5.32 Å². The number of rotatable bonds is 2. The van der Waals surface area contributed by atoms with Crippen LogP contribution in [-0.4, -0.2) is 97.5 Å². The second-order valence-corrected chi connectivity index (χ2v) is 6.66. The van der Waals surface area contributed by atoms with Crippen molar-refractivity contribution >= 4 is 11.8 Å². The summed E-state index contributed by atoms with van der Waals surface area (Å²) >= 11 is 0. The Kier molecular flexibility index (Phi) is 45.7. The Bertz CT molecular complexity index is 512. The van der Waals surface area contributed by atoms with Crippen molar-refractivity contribution in [2.45, 2.75) is 65.7 Å². The minimum Gasteiger partial charge on any atom is -0.859 e. The van der Waals surface area contributed by atoms with Crippen LogP contribution in [0.1, 0.15) is 40.5 Å². The Morgan fingerprint density at radius 3 is 1.56 bits per heavy atom. The van der Waals surface area contributed by atoms with Gasteiger partial charge in [-0.15, -0.1) is 13.1 Å². The zero-order valence-corrected chi connectivity index (χ0v) is 24.0. The van der Waals surface area contributed by atoms with Gasteiger partial charge in [0.25, 0.3) is 0 Å². The van der Waals surface area contributed by atoms with Crippen molar-refractivity contribution in [1.82, 2.24) is 5.32 Å². The van der Waals surface area contributed by atoms with Crippen LogP contribution in [0.4, 0.5) is 0 Å². The smallest absolute Gasteiger partial charge is 0.218 e. The maximum atomic E-state index is 10.5. The van der Waals surface area contributed by atoms with Crippen molar-refractivity contribution in [2.24, 2.45) is 11.7 Å². The summed E-state index contributed by atoms with van der Waals surface area (Å²) in [5, 5.41) is 84.8. The molecule has 0 bridgehead atoms. The number of hydrogen-bond acceptors (Lipinski definition) is 12. The second-order valence-electron chi connectivity index (χ2n) is 6.66. The average Bonchev–Trinajstić information content (AvgIpc) is 2.68. The van der Waals surface area contributed by atoms with E-state index in [1.54, 1.807) is 18.4 Å². The molecule has 1 atom stereocenters. The molecule has 1 saturated heterocycles. The van der Waals surface area contributed by atoms with Gasteiger partial charge in [0.05, 0.1) is 0 Å². The van der Waals surface area contributed by atoms with Crippen LogP contribution >= 0.6 is 0 Å². The summed E-state index contributed by atoms with van der Waals surface area (Å²) in [6, 6.07) is 0. The van der Waals surface area contributed by atoms with Crippen molar-refractivity contribution in [3.8, 4) is 0 Å². The predicted octanol–water partition coefficient (Wildman–Crippen LogP) is -3.11. The molecule has 36 heavy (non-hydrogen) atoms. The fourth-order valence-corrected chi connectivity index (χ4v) is 1.64. The van der Waals surface area contributed by atoms with Gasteiger partial charge in [-0.05, 0) is 57.9 Å². The first-order valence-corrected chi connectivity index (χ1v) is 10.3. The topological polar surface area (TPSA) is 278 Å². The summed E-state index contributed by atoms with van der Waals surface area (Å²) < 4.78 is 0. The van der Waals surface area contributed by atoms with Gasteiger partial charge in [0, 0.05) is 51.4 Å². The number of hydrogen-bond donors (Lipinski definition) is 11. The number of dihydropyridines is 1. The Labute approximate surface area is 238 Å². The van der Waals surface area contributed by atoms with Gasteiger partial charge in [-0.1, -0.05) is 12.5 Å². The van der Waals surface area contributed by atoms with Crippen LogP contribution in [0.5, 0.6) is 0 Å². The molecule has 2 radical (unpaired) electrons. The molecule has 0 aromatic heterocycles. The van der Waals surface area contributed by atoms with E-state index in [1.165, 1.54) is 27.7 Å². The third kappa shape index (κ3) is 63.9. The first kappa shape index (κ1) is 48.2. The van der Waals surface area contributed by atoms with E-state index in [9.17, 15) is 9.90 Å². The number of allylic oxidation sites excluding steroid dienone is 2. The minimum absolute atomic E-state index is 0. The van der Waals surface area contributed by atoms with Crippen molar-refractivity contribution in [2.75, 3.05) is 19.6 Å². The third-order valence-corrected chi connectivity index (χ3v) is 2.72. The van der Waals surface area contributed by atoms with Crippen LogP contribution in [-0.2, 0) is 43.8 Å². The summed E-state index contributed by atoms with van der Waals surface area (Å²) in [5.74, 6) is -0.774. The number of piperidine rings is 1. The van der Waals surface area contributed by atoms with Crippen LogP contribution < -0.4 is 16.2 Å². The maximum Gasteiger partial charge on any atom is 0.218 e. The number of carbonyl (C=O) groups is 1. The first-order valence-electron chi connectivity index (χ1n) is 10.3. The van der Waals surface area contributed by atoms with Crippen molar-refractivity contribution in [1.29, 1.82) is 5.41 Å². The van der Waals surface area contributed by atoms with Gasteiger partial charge in [-0.2, -0.15) is 0 Å². The molecule has 14 nitrogen and oxygen atoms in total. The number of nitrogens with two attached hydrogens (primary N) is 1. The number of aliphatic hydroxyl groups excluding tert-OH is 4. The molecule has 2 rings (SSSR count). The fourth-order valence-electron chi connectivity index (χ4n) is 1.64. The Balaban J connectivity index is -0.0000000781. The van der Waals surface area contributed by atoms with Gasteiger partial charge in [-0.25, -0.2) is 0 Å². The molecule has 12 N–H and O–H groups in total. The van der Waals surface area contributed by atoms with E-state index in [0.29, 0.717) is 18.7 Å². The van der Waals surface area contributed by atoms with E-state index < -0.39 is 31.1 Å². The monoisotopic (exact) mass is 704 g/mol. The molecule has 1 amide bonds. The molecule has 2 aliphatic rings. The van der Waals surface area contributed by atoms with Gasteiger partial charge in [-0.3, -0.25) is 4.79 Å². The summed E-state index contributed by atoms with van der Waals surface area (Å²) in [6.45, 7) is 7.15. The SMILES string of the molecule is CC(O)O.CC(O)O.CC(O)O.CC(O)O.N=C([O-])C1=CC=CNC1.NC(=O)C1CCC[N-]C1.[Rh].[Rh]. The molecule has 2 aliphatic heterocycles. The number of primary amides is 1. The normalized spacial score (nSPS) is 15.0. The van der Waals surface area contributed by atoms with Crippen molar-refractivity contribution in [3.63, 3.8) is 0 Å². The maximum absolute atomic E-state index is 10.5. The van der Waals surface area contributed by atoms with E-state index >= 15 is 0 Å². The second kappa shape index (κ2) is 34.1. The van der Waals surface area contributed by atoms with E-state index in [4.69, 9.17) is 52.0 Å². The molecule has 1 fully saturated rings. The molecular weight excluding hydrogens is 662 g/mol. The number of amides is 1. The van der Waals surface area contributed by atoms with E-state index in [0.717, 1.165) is 19.4 Å². The average molecular weight is 704 g/mol. The molecule has 0 saturated carbocycles. The summed E-state index contributed by atoms with van der Waals surface area (Å²) in [6.07, 6.45) is 2.38. The molecule has 2 heterocycles. The van der Waals surface area contributed by atoms with Crippen molar-refractivity contribution in [3.05, 3.63) is 29.2 Å². The molecule has 1 unspecified atom stereocenters. The molecule has 0 aliphatic carbocycles. The number of nitrogens with zero attached hydrogens (tertiary/aromatic N) is 1. The summed E-state index contributed by atoms with van der Waals surface area (Å²) in [5.41, 5.74) is 5.58. The molecule has 0 aromatic carbocycles. The molecule has 0 spiro atoms. The van der Waals surface area contributed by atoms with E-state index in [2.05, 4.69) is 10.6 Å². The van der Waals surface area contributed by atoms with E-state index in [1.807, 2.05) is 0 Å². The quantitative estimate of drug-likeness (QED) is 0.0592. The largest absolute Gasteiger partial charge is 0.859 e. The van der Waals surface area contributed by atoms with E-state index in [-0.39, 0.29) is 50.8 Å². The minimum atomic E-state index is -1.17. The first-order chi connectivity index (χ1) is 15.5. The number of carbonyl (C=O) groups excluding carboxylic acids is 1. The number of aliphatic hydroxyl groups is 8. The van der Waals surface area contributed by atoms with Gasteiger partial charge < -0.3 is 67.7 Å². The van der Waals surface area contributed by atoms with Crippen LogP contribution in [0.3, 0.4) is 0 Å². The van der Waals surface area contributed by atoms with Gasteiger partial charge >= 0.3 is 0 Å². The van der Waals surface area contributed by atoms with Crippen LogP contribution in [0.15, 0.2) is 23.9 Å². The third-order valence-electron chi connectivity index (χ3n) is 2.72. The fraction of sp³-hybridized carbons (Fsp3) is 0.700. The molecule has 222 valence electrons. The van der Waals surface area contributed by atoms with Gasteiger partial charge in [0.1, 0.15) is 25.2 Å². The Morgan fingerprint density at radius 1 is 1.00 bits per heavy atom. The predicted molar refractivity (Wildman–Crippen MR) is 124 cm³/mol. The summed E-state index contributed by atoms with van der Waals surface area (Å²) in [7, 11) is 0. The zero-order chi connectivity index (χ0) is 27.7. The van der Waals surface area contributed by atoms with Crippen molar-refractivity contribution < 1.29 is 89.7 Å². The van der Waals surface area contributed by atoms with Gasteiger partial charge in [0.15, 0.2) is 0 Å². The Hall–Kier alpha value is -0.893. The standard InChI is InChI=1S/C6H11N2O.C6H8N2O.4C2H6O2.2Rh/c2*7-6(9)5-2-1-3-8-4-5;4*1-2(3)4;;/h5H,1-4H2,(H2,7,9);1-3,8H,4H2,(H2,7,9);4*2-4H,1H3;;/q-1;;;;;;;/p-1. The Morgan fingerprint density at radius 2 is 1.39 bits per heavy atom. The number of nitrogens with one attached hydrogen (secondary N) is 2. The molecular formula is C20H42N4O10Rh2-2. The molecule has 16 heteroatoms. The van der Waals surface area contributed by atoms with Crippen LogP contribution in [0, 0.1) is 11.3 Å². The van der Waals surface area contributed by atoms with Gasteiger partial charge in [0.2, 0.25) is 5.91 Å². The summed E-state index contributed by atoms with van der Waals surface area (Å²) in [4.78, 5) is 10.5.